The predicted octanol–water partition coefficient (Wildman–Crippen LogP) is 8.68. The first kappa shape index (κ1) is 34.3. The fourth-order valence-corrected chi connectivity index (χ4v) is 19.6. The van der Waals surface area contributed by atoms with E-state index in [1.807, 2.05) is 0 Å². The summed E-state index contributed by atoms with van der Waals surface area (Å²) in [5.74, 6) is 7.07. The van der Waals surface area contributed by atoms with Gasteiger partial charge in [-0.1, -0.05) is 163 Å². The smallest absolute Gasteiger partial charge is 0.261 e. The second-order valence-corrected chi connectivity index (χ2v) is 27.0. The van der Waals surface area contributed by atoms with E-state index in [9.17, 15) is 0 Å². The number of rotatable bonds is 13. The quantitative estimate of drug-likeness (QED) is 0.130. The lowest BCUT2D eigenvalue weighted by Crippen LogP contribution is -2.66. The fourth-order valence-electron chi connectivity index (χ4n) is 10.4. The molecule has 0 aliphatic heterocycles. The van der Waals surface area contributed by atoms with Crippen molar-refractivity contribution in [3.8, 4) is 0 Å². The van der Waals surface area contributed by atoms with Gasteiger partial charge in [0.25, 0.3) is 16.6 Å². The van der Waals surface area contributed by atoms with Crippen LogP contribution in [-0.2, 0) is 8.85 Å². The highest BCUT2D eigenvalue weighted by molar-refractivity contribution is 7.00. The Morgan fingerprint density at radius 2 is 0.660 bits per heavy atom. The van der Waals surface area contributed by atoms with Gasteiger partial charge in [-0.2, -0.15) is 0 Å². The molecule has 4 fully saturated rings. The largest absolute Gasteiger partial charge is 0.407 e. The Bertz CT molecular complexity index is 1520. The average Bonchev–Trinajstić information content (AvgIpc) is 3.91. The third kappa shape index (κ3) is 6.23. The second-order valence-electron chi connectivity index (χ2n) is 18.4. The number of benzene rings is 4. The van der Waals surface area contributed by atoms with E-state index in [1.165, 1.54) is 46.4 Å². The lowest BCUT2D eigenvalue weighted by atomic mass is 10.1. The summed E-state index contributed by atoms with van der Waals surface area (Å²) in [6.45, 7) is 16.2. The third-order valence-corrected chi connectivity index (χ3v) is 23.3. The Kier molecular flexibility index (Phi) is 8.94. The first-order chi connectivity index (χ1) is 24.0. The Morgan fingerprint density at radius 1 is 0.400 bits per heavy atom. The van der Waals surface area contributed by atoms with Gasteiger partial charge in [0.2, 0.25) is 0 Å². The Hall–Kier alpha value is -2.77. The van der Waals surface area contributed by atoms with Crippen molar-refractivity contribution in [3.63, 3.8) is 0 Å². The molecule has 0 saturated heterocycles. The highest BCUT2D eigenvalue weighted by Gasteiger charge is 2.64. The summed E-state index contributed by atoms with van der Waals surface area (Å²) in [6, 6.07) is 44.7. The highest BCUT2D eigenvalue weighted by atomic mass is 28.4. The van der Waals surface area contributed by atoms with Crippen LogP contribution >= 0.6 is 0 Å². The molecule has 262 valence electrons. The zero-order chi connectivity index (χ0) is 34.7. The van der Waals surface area contributed by atoms with Crippen LogP contribution in [0.2, 0.25) is 10.1 Å². The minimum Gasteiger partial charge on any atom is -0.407 e. The molecule has 0 spiro atoms. The summed E-state index contributed by atoms with van der Waals surface area (Å²) in [4.78, 5) is 0. The molecule has 0 aromatic heterocycles. The molecule has 4 aliphatic carbocycles. The van der Waals surface area contributed by atoms with Crippen LogP contribution in [0.5, 0.6) is 0 Å². The molecule has 0 unspecified atom stereocenters. The van der Waals surface area contributed by atoms with Crippen molar-refractivity contribution in [2.24, 2.45) is 47.3 Å². The van der Waals surface area contributed by atoms with E-state index in [1.54, 1.807) is 0 Å². The molecule has 0 radical (unpaired) electrons. The van der Waals surface area contributed by atoms with Gasteiger partial charge in [0, 0.05) is 13.2 Å². The van der Waals surface area contributed by atoms with E-state index < -0.39 is 16.6 Å². The van der Waals surface area contributed by atoms with Gasteiger partial charge >= 0.3 is 0 Å². The first-order valence-electron chi connectivity index (χ1n) is 19.5. The summed E-state index contributed by atoms with van der Waals surface area (Å²) in [5, 5.41) is 5.70. The molecule has 0 amide bonds. The van der Waals surface area contributed by atoms with Crippen molar-refractivity contribution >= 4 is 37.4 Å². The maximum absolute atomic E-state index is 7.36. The molecule has 8 atom stereocenters. The lowest BCUT2D eigenvalue weighted by Gasteiger charge is -2.43. The summed E-state index contributed by atoms with van der Waals surface area (Å²) in [7, 11) is -4.91. The van der Waals surface area contributed by atoms with Gasteiger partial charge in [-0.25, -0.2) is 0 Å². The van der Waals surface area contributed by atoms with Gasteiger partial charge < -0.3 is 8.85 Å². The van der Waals surface area contributed by atoms with Crippen LogP contribution in [0.15, 0.2) is 121 Å². The molecule has 0 heterocycles. The van der Waals surface area contributed by atoms with Gasteiger partial charge in [0.05, 0.1) is 0 Å². The van der Waals surface area contributed by atoms with Crippen molar-refractivity contribution in [1.29, 1.82) is 0 Å². The van der Waals surface area contributed by atoms with Crippen molar-refractivity contribution < 1.29 is 8.85 Å². The minimum absolute atomic E-state index is 0.0468. The van der Waals surface area contributed by atoms with Crippen molar-refractivity contribution in [3.05, 3.63) is 121 Å². The normalized spacial score (nSPS) is 29.0. The topological polar surface area (TPSA) is 18.5 Å². The number of hydrogen-bond acceptors (Lipinski definition) is 2. The Morgan fingerprint density at radius 3 is 0.920 bits per heavy atom. The zero-order valence-corrected chi connectivity index (χ0v) is 33.2. The molecule has 8 rings (SSSR count). The van der Waals surface area contributed by atoms with Crippen molar-refractivity contribution in [2.75, 3.05) is 13.2 Å². The SMILES string of the molecule is CC(C)(C)[Si](OC[C@@H]1C[C@H]1[C@@H]1C[C@@H]1[C@H]1C[C@H]1[C@@H]1C[C@H]1CO[Si](c1ccccc1)(c1ccccc1)C(C)(C)C)(c1ccccc1)c1ccccc1. The Labute approximate surface area is 304 Å². The molecule has 50 heavy (non-hydrogen) atoms. The van der Waals surface area contributed by atoms with Crippen LogP contribution in [0.1, 0.15) is 67.2 Å². The van der Waals surface area contributed by atoms with Gasteiger partial charge in [-0.15, -0.1) is 0 Å². The number of hydrogen-bond donors (Lipinski definition) is 0. The molecular formula is C46H58O2Si2. The van der Waals surface area contributed by atoms with Crippen LogP contribution < -0.4 is 20.7 Å². The van der Waals surface area contributed by atoms with Crippen LogP contribution in [0.3, 0.4) is 0 Å². The van der Waals surface area contributed by atoms with Gasteiger partial charge in [0.1, 0.15) is 0 Å². The molecule has 4 aromatic carbocycles. The lowest BCUT2D eigenvalue weighted by molar-refractivity contribution is 0.268. The molecular weight excluding hydrogens is 641 g/mol. The van der Waals surface area contributed by atoms with E-state index >= 15 is 0 Å². The summed E-state index contributed by atoms with van der Waals surface area (Å²) in [6.07, 6.45) is 5.68. The zero-order valence-electron chi connectivity index (χ0n) is 31.2. The van der Waals surface area contributed by atoms with Crippen LogP contribution in [0.4, 0.5) is 0 Å². The average molecular weight is 699 g/mol. The van der Waals surface area contributed by atoms with Crippen LogP contribution in [-0.4, -0.2) is 29.8 Å². The standard InChI is InChI=1S/C46H58O2Si2/c1-45(2,3)49(35-19-11-7-12-20-35,36-21-13-8-14-22-36)47-31-33-27-39(33)41-29-43(41)44-30-42(44)40-28-34(40)32-48-50(46(4,5)6,37-23-15-9-16-24-37)38-25-17-10-18-26-38/h7-26,33-34,39-44H,27-32H2,1-6H3/t33-,34-,39+,40+,41-,42-,43-,44-/m0/s1. The first-order valence-corrected chi connectivity index (χ1v) is 23.4. The third-order valence-electron chi connectivity index (χ3n) is 13.2. The van der Waals surface area contributed by atoms with Gasteiger partial charge in [-0.05, 0) is 104 Å². The van der Waals surface area contributed by atoms with E-state index in [-0.39, 0.29) is 10.1 Å². The summed E-state index contributed by atoms with van der Waals surface area (Å²) in [5.41, 5.74) is 0. The molecule has 2 nitrogen and oxygen atoms in total. The maximum atomic E-state index is 7.36. The van der Waals surface area contributed by atoms with E-state index in [2.05, 4.69) is 163 Å². The molecule has 4 aromatic rings. The van der Waals surface area contributed by atoms with E-state index in [0.717, 1.165) is 60.6 Å². The maximum Gasteiger partial charge on any atom is 0.261 e. The van der Waals surface area contributed by atoms with Crippen molar-refractivity contribution in [1.82, 2.24) is 0 Å². The van der Waals surface area contributed by atoms with E-state index in [0.29, 0.717) is 0 Å². The molecule has 4 heteroatoms. The van der Waals surface area contributed by atoms with Gasteiger partial charge in [-0.3, -0.25) is 0 Å². The molecule has 0 bridgehead atoms. The summed E-state index contributed by atoms with van der Waals surface area (Å²) >= 11 is 0. The Balaban J connectivity index is 0.882. The molecule has 4 aliphatic rings. The summed E-state index contributed by atoms with van der Waals surface area (Å²) < 4.78 is 14.7. The predicted molar refractivity (Wildman–Crippen MR) is 214 cm³/mol. The monoisotopic (exact) mass is 698 g/mol. The van der Waals surface area contributed by atoms with Gasteiger partial charge in [0.15, 0.2) is 0 Å². The van der Waals surface area contributed by atoms with Crippen LogP contribution in [0, 0.1) is 47.3 Å². The highest BCUT2D eigenvalue weighted by Crippen LogP contribution is 2.70. The van der Waals surface area contributed by atoms with E-state index in [4.69, 9.17) is 8.85 Å². The molecule has 4 saturated carbocycles. The fraction of sp³-hybridized carbons (Fsp3) is 0.478. The van der Waals surface area contributed by atoms with Crippen molar-refractivity contribution in [2.45, 2.75) is 77.3 Å². The second kappa shape index (κ2) is 13.0. The minimum atomic E-state index is -2.45. The van der Waals surface area contributed by atoms with Crippen LogP contribution in [0.25, 0.3) is 0 Å². The molecule has 0 N–H and O–H groups in total.